The van der Waals surface area contributed by atoms with Gasteiger partial charge in [-0.2, -0.15) is 0 Å². The fourth-order valence-electron chi connectivity index (χ4n) is 2.15. The molecular formula is C12H25N. The molecule has 78 valence electrons. The van der Waals surface area contributed by atoms with Crippen molar-refractivity contribution < 1.29 is 0 Å². The van der Waals surface area contributed by atoms with E-state index in [0.29, 0.717) is 0 Å². The normalized spacial score (nSPS) is 24.0. The maximum Gasteiger partial charge on any atom is 0.00948 e. The molecule has 0 radical (unpaired) electrons. The zero-order valence-corrected chi connectivity index (χ0v) is 9.64. The fraction of sp³-hybridized carbons (Fsp3) is 1.00. The van der Waals surface area contributed by atoms with E-state index < -0.39 is 0 Å². The van der Waals surface area contributed by atoms with Crippen molar-refractivity contribution in [1.82, 2.24) is 5.32 Å². The summed E-state index contributed by atoms with van der Waals surface area (Å²) in [6.07, 6.45) is 5.61. The smallest absolute Gasteiger partial charge is 0.00948 e. The van der Waals surface area contributed by atoms with Gasteiger partial charge in [-0.3, -0.25) is 0 Å². The number of rotatable bonds is 6. The predicted molar refractivity (Wildman–Crippen MR) is 58.8 cm³/mol. The minimum absolute atomic E-state index is 0.752. The summed E-state index contributed by atoms with van der Waals surface area (Å²) in [5.74, 6) is 2.79. The SMILES string of the molecule is CCC(C)CC(NC)C(C)C1CC1. The van der Waals surface area contributed by atoms with Crippen LogP contribution >= 0.6 is 0 Å². The summed E-state index contributed by atoms with van der Waals surface area (Å²) >= 11 is 0. The maximum absolute atomic E-state index is 3.49. The number of hydrogen-bond acceptors (Lipinski definition) is 1. The van der Waals surface area contributed by atoms with E-state index in [2.05, 4.69) is 33.1 Å². The molecule has 0 bridgehead atoms. The van der Waals surface area contributed by atoms with Crippen molar-refractivity contribution in [1.29, 1.82) is 0 Å². The summed E-state index contributed by atoms with van der Waals surface area (Å²) in [7, 11) is 2.12. The molecule has 1 rings (SSSR count). The molecule has 0 spiro atoms. The Labute approximate surface area is 83.3 Å². The van der Waals surface area contributed by atoms with Crippen LogP contribution in [0.2, 0.25) is 0 Å². The number of nitrogens with one attached hydrogen (secondary N) is 1. The van der Waals surface area contributed by atoms with Crippen LogP contribution in [-0.4, -0.2) is 13.1 Å². The van der Waals surface area contributed by atoms with E-state index in [1.54, 1.807) is 0 Å². The minimum atomic E-state index is 0.752. The molecule has 3 unspecified atom stereocenters. The first-order chi connectivity index (χ1) is 6.19. The molecule has 1 fully saturated rings. The summed E-state index contributed by atoms with van der Waals surface area (Å²) in [5, 5.41) is 3.49. The molecule has 1 saturated carbocycles. The third-order valence-corrected chi connectivity index (χ3v) is 3.72. The predicted octanol–water partition coefficient (Wildman–Crippen LogP) is 3.06. The van der Waals surface area contributed by atoms with E-state index in [0.717, 1.165) is 23.8 Å². The third-order valence-electron chi connectivity index (χ3n) is 3.72. The molecular weight excluding hydrogens is 158 g/mol. The van der Waals surface area contributed by atoms with Gasteiger partial charge in [-0.1, -0.05) is 27.2 Å². The van der Waals surface area contributed by atoms with Gasteiger partial charge in [0.2, 0.25) is 0 Å². The molecule has 1 heteroatoms. The van der Waals surface area contributed by atoms with Gasteiger partial charge in [0.1, 0.15) is 0 Å². The first-order valence-corrected chi connectivity index (χ1v) is 5.86. The van der Waals surface area contributed by atoms with Gasteiger partial charge in [-0.25, -0.2) is 0 Å². The molecule has 1 aliphatic carbocycles. The van der Waals surface area contributed by atoms with E-state index in [9.17, 15) is 0 Å². The first kappa shape index (κ1) is 11.0. The highest BCUT2D eigenvalue weighted by molar-refractivity contribution is 4.86. The standard InChI is InChI=1S/C12H25N/c1-5-9(2)8-12(13-4)10(3)11-6-7-11/h9-13H,5-8H2,1-4H3. The van der Waals surface area contributed by atoms with Gasteiger partial charge in [0.25, 0.3) is 0 Å². The van der Waals surface area contributed by atoms with Gasteiger partial charge in [0.05, 0.1) is 0 Å². The lowest BCUT2D eigenvalue weighted by Crippen LogP contribution is -2.34. The van der Waals surface area contributed by atoms with Crippen LogP contribution in [0.25, 0.3) is 0 Å². The highest BCUT2D eigenvalue weighted by atomic mass is 14.9. The molecule has 0 amide bonds. The Morgan fingerprint density at radius 1 is 1.31 bits per heavy atom. The maximum atomic E-state index is 3.49. The molecule has 0 aliphatic heterocycles. The second-order valence-electron chi connectivity index (χ2n) is 4.84. The molecule has 3 atom stereocenters. The van der Waals surface area contributed by atoms with Gasteiger partial charge >= 0.3 is 0 Å². The number of hydrogen-bond donors (Lipinski definition) is 1. The third kappa shape index (κ3) is 3.30. The van der Waals surface area contributed by atoms with Crippen LogP contribution in [0.1, 0.15) is 46.5 Å². The molecule has 0 saturated heterocycles. The lowest BCUT2D eigenvalue weighted by molar-refractivity contribution is 0.300. The van der Waals surface area contributed by atoms with Gasteiger partial charge in [-0.15, -0.1) is 0 Å². The molecule has 1 aliphatic rings. The van der Waals surface area contributed by atoms with Gasteiger partial charge in [0.15, 0.2) is 0 Å². The van der Waals surface area contributed by atoms with Crippen LogP contribution in [0.4, 0.5) is 0 Å². The van der Waals surface area contributed by atoms with Crippen LogP contribution in [0.3, 0.4) is 0 Å². The van der Waals surface area contributed by atoms with E-state index in [1.807, 2.05) is 0 Å². The molecule has 1 N–H and O–H groups in total. The highest BCUT2D eigenvalue weighted by Gasteiger charge is 2.32. The zero-order valence-electron chi connectivity index (χ0n) is 9.64. The zero-order chi connectivity index (χ0) is 9.84. The second-order valence-corrected chi connectivity index (χ2v) is 4.84. The monoisotopic (exact) mass is 183 g/mol. The van der Waals surface area contributed by atoms with Gasteiger partial charge < -0.3 is 5.32 Å². The Hall–Kier alpha value is -0.0400. The molecule has 0 aromatic rings. The Balaban J connectivity index is 2.31. The molecule has 0 aromatic carbocycles. The van der Waals surface area contributed by atoms with E-state index in [4.69, 9.17) is 0 Å². The van der Waals surface area contributed by atoms with E-state index in [1.165, 1.54) is 25.7 Å². The van der Waals surface area contributed by atoms with Crippen molar-refractivity contribution >= 4 is 0 Å². The Morgan fingerprint density at radius 2 is 1.92 bits per heavy atom. The van der Waals surface area contributed by atoms with Crippen LogP contribution in [0.5, 0.6) is 0 Å². The van der Waals surface area contributed by atoms with Crippen molar-refractivity contribution in [3.05, 3.63) is 0 Å². The van der Waals surface area contributed by atoms with Crippen molar-refractivity contribution in [2.24, 2.45) is 17.8 Å². The summed E-state index contributed by atoms with van der Waals surface area (Å²) in [6.45, 7) is 7.07. The van der Waals surface area contributed by atoms with Crippen LogP contribution in [-0.2, 0) is 0 Å². The molecule has 0 aromatic heterocycles. The first-order valence-electron chi connectivity index (χ1n) is 5.86. The Kier molecular flexibility index (Phi) is 4.24. The lowest BCUT2D eigenvalue weighted by atomic mass is 9.88. The fourth-order valence-corrected chi connectivity index (χ4v) is 2.15. The van der Waals surface area contributed by atoms with Crippen LogP contribution in [0.15, 0.2) is 0 Å². The van der Waals surface area contributed by atoms with Gasteiger partial charge in [-0.05, 0) is 44.1 Å². The average molecular weight is 183 g/mol. The summed E-state index contributed by atoms with van der Waals surface area (Å²) in [5.41, 5.74) is 0. The quantitative estimate of drug-likeness (QED) is 0.667. The van der Waals surface area contributed by atoms with Crippen molar-refractivity contribution in [2.75, 3.05) is 7.05 Å². The molecule has 13 heavy (non-hydrogen) atoms. The largest absolute Gasteiger partial charge is 0.317 e. The highest BCUT2D eigenvalue weighted by Crippen LogP contribution is 2.39. The van der Waals surface area contributed by atoms with Gasteiger partial charge in [0, 0.05) is 6.04 Å². The topological polar surface area (TPSA) is 12.0 Å². The van der Waals surface area contributed by atoms with Crippen molar-refractivity contribution in [2.45, 2.75) is 52.5 Å². The van der Waals surface area contributed by atoms with E-state index in [-0.39, 0.29) is 0 Å². The summed E-state index contributed by atoms with van der Waals surface area (Å²) in [6, 6.07) is 0.752. The Bertz CT molecular complexity index is 140. The van der Waals surface area contributed by atoms with Crippen LogP contribution in [0, 0.1) is 17.8 Å². The lowest BCUT2D eigenvalue weighted by Gasteiger charge is -2.26. The van der Waals surface area contributed by atoms with E-state index >= 15 is 0 Å². The van der Waals surface area contributed by atoms with Crippen molar-refractivity contribution in [3.63, 3.8) is 0 Å². The van der Waals surface area contributed by atoms with Crippen molar-refractivity contribution in [3.8, 4) is 0 Å². The van der Waals surface area contributed by atoms with Crippen LogP contribution < -0.4 is 5.32 Å². The average Bonchev–Trinajstić information content (AvgIpc) is 2.95. The Morgan fingerprint density at radius 3 is 2.31 bits per heavy atom. The summed E-state index contributed by atoms with van der Waals surface area (Å²) in [4.78, 5) is 0. The minimum Gasteiger partial charge on any atom is -0.317 e. The summed E-state index contributed by atoms with van der Waals surface area (Å²) < 4.78 is 0. The molecule has 1 nitrogen and oxygen atoms in total. The molecule has 0 heterocycles. The second kappa shape index (κ2) is 4.99.